The summed E-state index contributed by atoms with van der Waals surface area (Å²) in [4.78, 5) is 0. The van der Waals surface area contributed by atoms with Gasteiger partial charge in [0.25, 0.3) is 0 Å². The zero-order valence-electron chi connectivity index (χ0n) is 23.1. The number of rotatable bonds is 4. The van der Waals surface area contributed by atoms with Crippen LogP contribution in [0.4, 0.5) is 0 Å². The van der Waals surface area contributed by atoms with Gasteiger partial charge in [-0.15, -0.1) is 0 Å². The minimum Gasteiger partial charge on any atom is -1.00 e. The molecule has 0 saturated carbocycles. The number of nitriles is 4. The van der Waals surface area contributed by atoms with E-state index in [1.54, 1.807) is 0 Å². The molecule has 0 aromatic heterocycles. The second-order valence-corrected chi connectivity index (χ2v) is 4.45. The average molecular weight is 520 g/mol. The van der Waals surface area contributed by atoms with E-state index in [4.69, 9.17) is 26.3 Å². The van der Waals surface area contributed by atoms with Crippen molar-refractivity contribution in [1.29, 1.82) is 21.0 Å². The summed E-state index contributed by atoms with van der Waals surface area (Å²) in [6.45, 7) is 17.4. The minimum atomic E-state index is 0. The number of nitrogens with zero attached hydrogens (tertiary/aromatic N) is 4. The fraction of sp³-hybridized carbons (Fsp3) is 0.818. The van der Waals surface area contributed by atoms with Crippen molar-refractivity contribution in [3.05, 3.63) is 0 Å². The molecule has 0 aromatic rings. The zero-order chi connectivity index (χ0) is 24.5. The fourth-order valence-corrected chi connectivity index (χ4v) is 0. The molecule has 0 saturated heterocycles. The van der Waals surface area contributed by atoms with Gasteiger partial charge in [-0.2, -0.15) is 21.0 Å². The van der Waals surface area contributed by atoms with Crippen LogP contribution >= 0.6 is 0 Å². The molecule has 35 heavy (non-hydrogen) atoms. The van der Waals surface area contributed by atoms with E-state index in [1.807, 2.05) is 0 Å². The molecule has 0 heterocycles. The Hall–Kier alpha value is -0.110. The van der Waals surface area contributed by atoms with Crippen LogP contribution in [-0.2, 0) is 0 Å². The van der Waals surface area contributed by atoms with Gasteiger partial charge in [0.2, 0.25) is 0 Å². The van der Waals surface area contributed by atoms with Gasteiger partial charge < -0.3 is 30.2 Å². The van der Waals surface area contributed by atoms with Crippen LogP contribution in [-0.4, -0.2) is 32.6 Å². The van der Waals surface area contributed by atoms with Crippen LogP contribution in [0.15, 0.2) is 0 Å². The van der Waals surface area contributed by atoms with Crippen molar-refractivity contribution < 1.29 is 75.3 Å². The molecule has 0 amide bonds. The van der Waals surface area contributed by atoms with Crippen LogP contribution < -0.4 is 70.7 Å². The molecule has 0 fully saturated rings. The summed E-state index contributed by atoms with van der Waals surface area (Å²) < 4.78 is 0. The first kappa shape index (κ1) is 101. The zero-order valence-corrected chi connectivity index (χ0v) is 27.1. The Morgan fingerprint density at radius 3 is 0.571 bits per heavy atom. The number of hydrogen-bond acceptors (Lipinski definition) is 8. The first-order valence-corrected chi connectivity index (χ1v) is 9.64. The Morgan fingerprint density at radius 2 is 0.571 bits per heavy atom. The number of unbranched alkanes of at least 4 members (excludes halogenated alkanes) is 4. The maximum atomic E-state index is 7.26. The first-order chi connectivity index (χ1) is 13.5. The average Bonchev–Trinajstić information content (AvgIpc) is 2.81. The first-order valence-electron chi connectivity index (χ1n) is 9.64. The van der Waals surface area contributed by atoms with Gasteiger partial charge in [-0.3, -0.25) is 0 Å². The van der Waals surface area contributed by atoms with Crippen LogP contribution in [0.5, 0.6) is 0 Å². The molecular formula is C22H56B2N6Na2O3. The van der Waals surface area contributed by atoms with Crippen LogP contribution in [0, 0.1) is 45.3 Å². The summed E-state index contributed by atoms with van der Waals surface area (Å²) in [6.07, 6.45) is 10.6. The summed E-state index contributed by atoms with van der Waals surface area (Å²) in [6, 6.07) is 4.94. The molecule has 0 aliphatic rings. The van der Waals surface area contributed by atoms with Crippen molar-refractivity contribution in [2.24, 2.45) is 11.5 Å². The van der Waals surface area contributed by atoms with Gasteiger partial charge in [0.15, 0.2) is 32.3 Å². The van der Waals surface area contributed by atoms with E-state index in [2.05, 4.69) is 74.9 Å². The third-order valence-electron chi connectivity index (χ3n) is 2.10. The largest absolute Gasteiger partial charge is 1.00 e. The van der Waals surface area contributed by atoms with Crippen molar-refractivity contribution in [3.8, 4) is 24.3 Å². The van der Waals surface area contributed by atoms with Gasteiger partial charge in [0, 0.05) is 0 Å². The van der Waals surface area contributed by atoms with Crippen molar-refractivity contribution >= 4 is 16.4 Å². The number of hydrogen-bond donors (Lipinski definition) is 3. The molecule has 13 heteroatoms. The second kappa shape index (κ2) is 259. The third kappa shape index (κ3) is 993. The van der Waals surface area contributed by atoms with Gasteiger partial charge in [-0.05, 0) is 0 Å². The molecule has 0 atom stereocenters. The fourth-order valence-electron chi connectivity index (χ4n) is 0. The Morgan fingerprint density at radius 1 is 0.514 bits per heavy atom. The van der Waals surface area contributed by atoms with Crippen LogP contribution in [0.2, 0.25) is 0 Å². The van der Waals surface area contributed by atoms with Gasteiger partial charge in [0.05, 0.1) is 0 Å². The van der Waals surface area contributed by atoms with Crippen LogP contribution in [0.1, 0.15) is 122 Å². The maximum Gasteiger partial charge on any atom is 1.00 e. The van der Waals surface area contributed by atoms with Gasteiger partial charge in [0.1, 0.15) is 0 Å². The van der Waals surface area contributed by atoms with E-state index < -0.39 is 0 Å². The minimum absolute atomic E-state index is 0. The molecule has 0 aromatic carbocycles. The summed E-state index contributed by atoms with van der Waals surface area (Å²) in [5.74, 6) is 3.50. The maximum absolute atomic E-state index is 7.26. The van der Waals surface area contributed by atoms with E-state index in [0.717, 1.165) is 0 Å². The molecule has 0 aliphatic heterocycles. The van der Waals surface area contributed by atoms with E-state index in [1.165, 1.54) is 75.6 Å². The van der Waals surface area contributed by atoms with Crippen LogP contribution in [0.3, 0.4) is 0 Å². The molecule has 0 rings (SSSR count). The predicted octanol–water partition coefficient (Wildman–Crippen LogP) is -0.446. The quantitative estimate of drug-likeness (QED) is 0.324. The SMILES string of the molecule is C.C.CCCC.CCCC.CCCC.CCCC.N#CC#N.N#CC#N.NO.O.[B-].[B]N.[Na+].[Na+].[OH-]. The molecule has 8 N–H and O–H groups in total. The van der Waals surface area contributed by atoms with Gasteiger partial charge in [-0.25, -0.2) is 5.90 Å². The van der Waals surface area contributed by atoms with Crippen molar-refractivity contribution in [3.63, 3.8) is 0 Å². The molecule has 6 radical (unpaired) electrons. The van der Waals surface area contributed by atoms with Crippen molar-refractivity contribution in [2.45, 2.75) is 122 Å². The smallest absolute Gasteiger partial charge is 1.00 e. The van der Waals surface area contributed by atoms with E-state index in [-0.39, 0.29) is 93.3 Å². The van der Waals surface area contributed by atoms with Crippen LogP contribution in [0.25, 0.3) is 0 Å². The summed E-state index contributed by atoms with van der Waals surface area (Å²) >= 11 is 0. The summed E-state index contributed by atoms with van der Waals surface area (Å²) in [7, 11) is 4.00. The normalized spacial score (nSPS) is 4.31. The van der Waals surface area contributed by atoms with Crippen molar-refractivity contribution in [2.75, 3.05) is 0 Å². The monoisotopic (exact) mass is 520 g/mol. The van der Waals surface area contributed by atoms with Gasteiger partial charge in [-0.1, -0.05) is 122 Å². The Balaban J connectivity index is -0.00000000987. The van der Waals surface area contributed by atoms with E-state index in [9.17, 15) is 0 Å². The Labute approximate surface area is 268 Å². The van der Waals surface area contributed by atoms with E-state index >= 15 is 0 Å². The third-order valence-corrected chi connectivity index (χ3v) is 2.10. The standard InChI is InChI=1S/4C4H10.2C2N2.2CH4.BH2N.B.H3NO.2Na.2H2O/c4*1-3-4-2;2*3-1-2-4;;;1-2;;1-2;;;;/h4*3-4H2,1-2H3;;;2*1H4;2H2;;2H,1H2;;;2*1H2/q;;;;;;;;;-1;;2*+1;;/p-1. The second-order valence-electron chi connectivity index (χ2n) is 4.45. The summed E-state index contributed by atoms with van der Waals surface area (Å²) in [5.41, 5.74) is 4.00. The number of nitrogens with two attached hydrogens (primary N) is 2. The van der Waals surface area contributed by atoms with Crippen molar-refractivity contribution in [1.82, 2.24) is 0 Å². The molecule has 0 aliphatic carbocycles. The molecule has 0 bridgehead atoms. The van der Waals surface area contributed by atoms with E-state index in [0.29, 0.717) is 0 Å². The topological polar surface area (TPSA) is 229 Å². The van der Waals surface area contributed by atoms with Gasteiger partial charge >= 0.3 is 59.1 Å². The summed E-state index contributed by atoms with van der Waals surface area (Å²) in [5, 5.41) is 35.6. The molecule has 0 spiro atoms. The molecule has 9 nitrogen and oxygen atoms in total. The Bertz CT molecular complexity index is 267. The Kier molecular flexibility index (Phi) is 750. The molecule has 0 unspecified atom stereocenters. The molecule has 200 valence electrons. The predicted molar refractivity (Wildman–Crippen MR) is 145 cm³/mol. The molecular weight excluding hydrogens is 464 g/mol.